The molecule has 0 aliphatic rings. The summed E-state index contributed by atoms with van der Waals surface area (Å²) in [5.41, 5.74) is 1.75. The number of fused-ring (bicyclic) bond motifs is 1. The van der Waals surface area contributed by atoms with E-state index in [4.69, 9.17) is 11.6 Å². The monoisotopic (exact) mass is 287 g/mol. The first-order valence-corrected chi connectivity index (χ1v) is 6.37. The largest absolute Gasteiger partial charge is 0.271 e. The third-order valence-corrected chi connectivity index (χ3v) is 3.36. The lowest BCUT2D eigenvalue weighted by Crippen LogP contribution is -2.01. The summed E-state index contributed by atoms with van der Waals surface area (Å²) in [6, 6.07) is 14.3. The maximum atomic E-state index is 10.9. The maximum Gasteiger partial charge on any atom is 0.271 e. The van der Waals surface area contributed by atoms with Crippen molar-refractivity contribution >= 4 is 28.2 Å². The van der Waals surface area contributed by atoms with Crippen LogP contribution in [0.2, 0.25) is 5.15 Å². The molecule has 0 saturated heterocycles. The second-order valence-corrected chi connectivity index (χ2v) is 4.75. The van der Waals surface area contributed by atoms with Gasteiger partial charge in [-0.1, -0.05) is 41.9 Å². The van der Waals surface area contributed by atoms with Gasteiger partial charge in [0.25, 0.3) is 5.69 Å². The number of hydrogen-bond acceptors (Lipinski definition) is 3. The molecule has 0 atom stereocenters. The Bertz CT molecular complexity index is 784. The summed E-state index contributed by atoms with van der Waals surface area (Å²) in [4.78, 5) is 10.4. The van der Waals surface area contributed by atoms with Crippen LogP contribution in [-0.2, 0) is 6.54 Å². The van der Waals surface area contributed by atoms with E-state index in [9.17, 15) is 10.1 Å². The van der Waals surface area contributed by atoms with Crippen molar-refractivity contribution < 1.29 is 4.92 Å². The zero-order chi connectivity index (χ0) is 14.1. The molecule has 0 fully saturated rings. The zero-order valence-electron chi connectivity index (χ0n) is 10.4. The van der Waals surface area contributed by atoms with Crippen LogP contribution in [0.1, 0.15) is 5.56 Å². The molecule has 0 N–H and O–H groups in total. The number of non-ortho nitro benzene ring substituents is 1. The molecule has 5 nitrogen and oxygen atoms in total. The van der Waals surface area contributed by atoms with Crippen LogP contribution in [0.5, 0.6) is 0 Å². The number of benzene rings is 2. The minimum atomic E-state index is -0.423. The fourth-order valence-electron chi connectivity index (χ4n) is 2.11. The number of aromatic nitrogens is 2. The van der Waals surface area contributed by atoms with Gasteiger partial charge in [-0.15, -0.1) is 0 Å². The second kappa shape index (κ2) is 4.94. The van der Waals surface area contributed by atoms with E-state index in [1.165, 1.54) is 12.1 Å². The lowest BCUT2D eigenvalue weighted by atomic mass is 10.2. The number of rotatable bonds is 3. The Labute approximate surface area is 119 Å². The molecule has 100 valence electrons. The quantitative estimate of drug-likeness (QED) is 0.546. The van der Waals surface area contributed by atoms with Crippen LogP contribution in [0.4, 0.5) is 5.69 Å². The van der Waals surface area contributed by atoms with E-state index in [1.54, 1.807) is 10.7 Å². The predicted octanol–water partition coefficient (Wildman–Crippen LogP) is 3.65. The van der Waals surface area contributed by atoms with Crippen LogP contribution in [0.3, 0.4) is 0 Å². The zero-order valence-corrected chi connectivity index (χ0v) is 11.1. The molecule has 20 heavy (non-hydrogen) atoms. The van der Waals surface area contributed by atoms with Gasteiger partial charge < -0.3 is 0 Å². The van der Waals surface area contributed by atoms with Crippen molar-refractivity contribution in [2.45, 2.75) is 6.54 Å². The SMILES string of the molecule is O=[N+]([O-])c1ccc2c(Cl)nn(Cc3ccccc3)c2c1. The average molecular weight is 288 g/mol. The highest BCUT2D eigenvalue weighted by Crippen LogP contribution is 2.27. The van der Waals surface area contributed by atoms with Crippen molar-refractivity contribution in [2.24, 2.45) is 0 Å². The summed E-state index contributed by atoms with van der Waals surface area (Å²) in [5.74, 6) is 0. The summed E-state index contributed by atoms with van der Waals surface area (Å²) in [6.07, 6.45) is 0. The van der Waals surface area contributed by atoms with Crippen LogP contribution < -0.4 is 0 Å². The summed E-state index contributed by atoms with van der Waals surface area (Å²) < 4.78 is 1.68. The van der Waals surface area contributed by atoms with Gasteiger partial charge in [-0.3, -0.25) is 14.8 Å². The number of nitro groups is 1. The van der Waals surface area contributed by atoms with Crippen LogP contribution >= 0.6 is 11.6 Å². The summed E-state index contributed by atoms with van der Waals surface area (Å²) in [5, 5.41) is 16.2. The van der Waals surface area contributed by atoms with E-state index in [0.29, 0.717) is 22.6 Å². The number of hydrogen-bond donors (Lipinski definition) is 0. The third-order valence-electron chi connectivity index (χ3n) is 3.08. The summed E-state index contributed by atoms with van der Waals surface area (Å²) >= 11 is 6.07. The molecule has 0 aliphatic heterocycles. The van der Waals surface area contributed by atoms with Gasteiger partial charge >= 0.3 is 0 Å². The predicted molar refractivity (Wildman–Crippen MR) is 76.9 cm³/mol. The molecule has 0 amide bonds. The first kappa shape index (κ1) is 12.6. The first-order valence-electron chi connectivity index (χ1n) is 5.99. The molecule has 3 aromatic rings. The number of nitrogens with zero attached hydrogens (tertiary/aromatic N) is 3. The van der Waals surface area contributed by atoms with Crippen molar-refractivity contribution in [1.82, 2.24) is 9.78 Å². The number of halogens is 1. The molecular formula is C14H10ClN3O2. The highest BCUT2D eigenvalue weighted by molar-refractivity contribution is 6.34. The first-order chi connectivity index (χ1) is 9.65. The molecule has 0 bridgehead atoms. The Kier molecular flexibility index (Phi) is 3.12. The molecule has 1 aromatic heterocycles. The Hall–Kier alpha value is -2.40. The Morgan fingerprint density at radius 2 is 1.95 bits per heavy atom. The van der Waals surface area contributed by atoms with Gasteiger partial charge in [0.2, 0.25) is 0 Å². The molecule has 0 aliphatic carbocycles. The van der Waals surface area contributed by atoms with Gasteiger partial charge in [0.1, 0.15) is 0 Å². The Balaban J connectivity index is 2.10. The molecule has 1 heterocycles. The van der Waals surface area contributed by atoms with Gasteiger partial charge in [-0.2, -0.15) is 5.10 Å². The highest BCUT2D eigenvalue weighted by Gasteiger charge is 2.13. The van der Waals surface area contributed by atoms with E-state index in [2.05, 4.69) is 5.10 Å². The third kappa shape index (κ3) is 2.23. The molecule has 6 heteroatoms. The van der Waals surface area contributed by atoms with E-state index in [1.807, 2.05) is 30.3 Å². The molecule has 0 unspecified atom stereocenters. The number of nitro benzene ring substituents is 1. The van der Waals surface area contributed by atoms with E-state index >= 15 is 0 Å². The highest BCUT2D eigenvalue weighted by atomic mass is 35.5. The standard InChI is InChI=1S/C14H10ClN3O2/c15-14-12-7-6-11(18(19)20)8-13(12)17(16-14)9-10-4-2-1-3-5-10/h1-8H,9H2. The fourth-order valence-corrected chi connectivity index (χ4v) is 2.36. The molecule has 2 aromatic carbocycles. The maximum absolute atomic E-state index is 10.9. The minimum Gasteiger partial charge on any atom is -0.259 e. The molecular weight excluding hydrogens is 278 g/mol. The lowest BCUT2D eigenvalue weighted by molar-refractivity contribution is -0.384. The van der Waals surface area contributed by atoms with Crippen LogP contribution in [0.25, 0.3) is 10.9 Å². The minimum absolute atomic E-state index is 0.0309. The van der Waals surface area contributed by atoms with Crippen molar-refractivity contribution in [3.8, 4) is 0 Å². The Morgan fingerprint density at radius 1 is 1.20 bits per heavy atom. The molecule has 0 saturated carbocycles. The van der Waals surface area contributed by atoms with Gasteiger partial charge in [0.05, 0.1) is 17.0 Å². The fraction of sp³-hybridized carbons (Fsp3) is 0.0714. The smallest absolute Gasteiger partial charge is 0.259 e. The topological polar surface area (TPSA) is 61.0 Å². The normalized spacial score (nSPS) is 10.8. The molecule has 0 spiro atoms. The van der Waals surface area contributed by atoms with Gasteiger partial charge in [-0.25, -0.2) is 0 Å². The Morgan fingerprint density at radius 3 is 2.65 bits per heavy atom. The van der Waals surface area contributed by atoms with Crippen LogP contribution in [0.15, 0.2) is 48.5 Å². The van der Waals surface area contributed by atoms with Crippen molar-refractivity contribution in [3.05, 3.63) is 69.4 Å². The van der Waals surface area contributed by atoms with E-state index < -0.39 is 4.92 Å². The van der Waals surface area contributed by atoms with E-state index in [0.717, 1.165) is 5.56 Å². The van der Waals surface area contributed by atoms with Gasteiger partial charge in [0, 0.05) is 17.5 Å². The summed E-state index contributed by atoms with van der Waals surface area (Å²) in [6.45, 7) is 0.519. The van der Waals surface area contributed by atoms with Crippen molar-refractivity contribution in [3.63, 3.8) is 0 Å². The second-order valence-electron chi connectivity index (χ2n) is 4.39. The van der Waals surface area contributed by atoms with Crippen molar-refractivity contribution in [1.29, 1.82) is 0 Å². The summed E-state index contributed by atoms with van der Waals surface area (Å²) in [7, 11) is 0. The van der Waals surface area contributed by atoms with E-state index in [-0.39, 0.29) is 5.69 Å². The average Bonchev–Trinajstić information content (AvgIpc) is 2.76. The van der Waals surface area contributed by atoms with Crippen molar-refractivity contribution in [2.75, 3.05) is 0 Å². The van der Waals surface area contributed by atoms with Gasteiger partial charge in [-0.05, 0) is 11.6 Å². The van der Waals surface area contributed by atoms with Crippen LogP contribution in [-0.4, -0.2) is 14.7 Å². The van der Waals surface area contributed by atoms with Crippen LogP contribution in [0, 0.1) is 10.1 Å². The van der Waals surface area contributed by atoms with Gasteiger partial charge in [0.15, 0.2) is 5.15 Å². The molecule has 0 radical (unpaired) electrons. The lowest BCUT2D eigenvalue weighted by Gasteiger charge is -2.03. The molecule has 3 rings (SSSR count).